The van der Waals surface area contributed by atoms with Gasteiger partial charge in [0.05, 0.1) is 0 Å². The monoisotopic (exact) mass is 255 g/mol. The highest BCUT2D eigenvalue weighted by Crippen LogP contribution is 2.22. The van der Waals surface area contributed by atoms with Crippen molar-refractivity contribution in [1.29, 1.82) is 0 Å². The molecule has 4 nitrogen and oxygen atoms in total. The first kappa shape index (κ1) is 15.0. The molecule has 1 aliphatic rings. The summed E-state index contributed by atoms with van der Waals surface area (Å²) >= 11 is 0. The van der Waals surface area contributed by atoms with Crippen LogP contribution < -0.4 is 5.32 Å². The van der Waals surface area contributed by atoms with Crippen molar-refractivity contribution in [2.75, 3.05) is 0 Å². The van der Waals surface area contributed by atoms with Crippen molar-refractivity contribution in [2.45, 2.75) is 70.9 Å². The van der Waals surface area contributed by atoms with Crippen LogP contribution in [0.15, 0.2) is 0 Å². The Morgan fingerprint density at radius 3 is 2.33 bits per heavy atom. The summed E-state index contributed by atoms with van der Waals surface area (Å²) in [4.78, 5) is 22.8. The number of hydrogen-bond acceptors (Lipinski definition) is 3. The Kier molecular flexibility index (Phi) is 5.63. The number of alkyl carbamates (subject to hydrolysis) is 1. The van der Waals surface area contributed by atoms with E-state index in [9.17, 15) is 9.59 Å². The molecule has 1 fully saturated rings. The van der Waals surface area contributed by atoms with E-state index in [4.69, 9.17) is 4.74 Å². The van der Waals surface area contributed by atoms with Crippen molar-refractivity contribution < 1.29 is 14.3 Å². The quantitative estimate of drug-likeness (QED) is 0.772. The van der Waals surface area contributed by atoms with Gasteiger partial charge >= 0.3 is 6.09 Å². The van der Waals surface area contributed by atoms with Crippen molar-refractivity contribution in [3.8, 4) is 0 Å². The maximum atomic E-state index is 11.7. The van der Waals surface area contributed by atoms with Crippen molar-refractivity contribution in [3.05, 3.63) is 0 Å². The summed E-state index contributed by atoms with van der Waals surface area (Å²) in [6.45, 7) is 5.51. The standard InChI is InChI=1S/C14H25NO3/c1-14(2,3)18-13(17)15-12-9-7-5-4-6-8-11(12)10-16/h10-12H,4-9H2,1-3H3,(H,15,17)/t11-,12-/m0/s1. The zero-order valence-corrected chi connectivity index (χ0v) is 11.7. The normalized spacial score (nSPS) is 25.7. The molecule has 0 aromatic carbocycles. The minimum absolute atomic E-state index is 0.0715. The van der Waals surface area contributed by atoms with Gasteiger partial charge in [-0.2, -0.15) is 0 Å². The maximum Gasteiger partial charge on any atom is 0.407 e. The molecule has 0 heterocycles. The van der Waals surface area contributed by atoms with Crippen LogP contribution in [0.5, 0.6) is 0 Å². The highest BCUT2D eigenvalue weighted by Gasteiger charge is 2.26. The molecule has 1 aliphatic carbocycles. The number of ether oxygens (including phenoxy) is 1. The van der Waals surface area contributed by atoms with Crippen LogP contribution in [0.3, 0.4) is 0 Å². The van der Waals surface area contributed by atoms with Gasteiger partial charge in [0.2, 0.25) is 0 Å². The number of amides is 1. The molecule has 0 radical (unpaired) electrons. The van der Waals surface area contributed by atoms with E-state index in [2.05, 4.69) is 5.32 Å². The summed E-state index contributed by atoms with van der Waals surface area (Å²) < 4.78 is 5.24. The first-order valence-electron chi connectivity index (χ1n) is 6.87. The molecule has 0 bridgehead atoms. The van der Waals surface area contributed by atoms with E-state index in [0.29, 0.717) is 0 Å². The number of rotatable bonds is 2. The fourth-order valence-electron chi connectivity index (χ4n) is 2.31. The second kappa shape index (κ2) is 6.76. The van der Waals surface area contributed by atoms with Crippen molar-refractivity contribution >= 4 is 12.4 Å². The molecule has 1 saturated carbocycles. The summed E-state index contributed by atoms with van der Waals surface area (Å²) in [5.41, 5.74) is -0.498. The summed E-state index contributed by atoms with van der Waals surface area (Å²) in [6, 6.07) is -0.0716. The minimum Gasteiger partial charge on any atom is -0.444 e. The van der Waals surface area contributed by atoms with Gasteiger partial charge in [-0.05, 0) is 33.6 Å². The third-order valence-electron chi connectivity index (χ3n) is 3.20. The minimum atomic E-state index is -0.498. The van der Waals surface area contributed by atoms with E-state index in [-0.39, 0.29) is 12.0 Å². The molecule has 2 atom stereocenters. The van der Waals surface area contributed by atoms with Crippen LogP contribution in [0.4, 0.5) is 4.79 Å². The Morgan fingerprint density at radius 2 is 1.78 bits per heavy atom. The summed E-state index contributed by atoms with van der Waals surface area (Å²) in [5.74, 6) is -0.0715. The third-order valence-corrected chi connectivity index (χ3v) is 3.20. The lowest BCUT2D eigenvalue weighted by atomic mass is 9.88. The SMILES string of the molecule is CC(C)(C)OC(=O)N[C@H]1CCCCCC[C@H]1C=O. The Labute approximate surface area is 109 Å². The predicted octanol–water partition coefficient (Wildman–Crippen LogP) is 3.05. The molecule has 0 aromatic heterocycles. The molecular formula is C14H25NO3. The topological polar surface area (TPSA) is 55.4 Å². The second-order valence-corrected chi connectivity index (χ2v) is 6.04. The smallest absolute Gasteiger partial charge is 0.407 e. The Bertz CT molecular complexity index is 283. The van der Waals surface area contributed by atoms with Crippen LogP contribution in [-0.2, 0) is 9.53 Å². The van der Waals surface area contributed by atoms with Crippen molar-refractivity contribution in [3.63, 3.8) is 0 Å². The summed E-state index contributed by atoms with van der Waals surface area (Å²) in [5, 5.41) is 2.85. The average Bonchev–Trinajstić information content (AvgIpc) is 2.20. The van der Waals surface area contributed by atoms with Crippen LogP contribution in [0.25, 0.3) is 0 Å². The molecule has 0 aromatic rings. The fraction of sp³-hybridized carbons (Fsp3) is 0.857. The third kappa shape index (κ3) is 5.52. The largest absolute Gasteiger partial charge is 0.444 e. The van der Waals surface area contributed by atoms with Gasteiger partial charge in [0.25, 0.3) is 0 Å². The van der Waals surface area contributed by atoms with Gasteiger partial charge in [-0.25, -0.2) is 4.79 Å². The number of carbonyl (C=O) groups is 2. The van der Waals surface area contributed by atoms with Gasteiger partial charge in [0.15, 0.2) is 0 Å². The molecule has 0 unspecified atom stereocenters. The van der Waals surface area contributed by atoms with Crippen molar-refractivity contribution in [2.24, 2.45) is 5.92 Å². The molecule has 0 saturated heterocycles. The number of carbonyl (C=O) groups excluding carboxylic acids is 2. The van der Waals surface area contributed by atoms with Gasteiger partial charge in [0, 0.05) is 12.0 Å². The number of aldehydes is 1. The Hall–Kier alpha value is -1.06. The van der Waals surface area contributed by atoms with Crippen LogP contribution in [-0.4, -0.2) is 24.0 Å². The van der Waals surface area contributed by atoms with Crippen molar-refractivity contribution in [1.82, 2.24) is 5.32 Å². The molecular weight excluding hydrogens is 230 g/mol. The maximum absolute atomic E-state index is 11.7. The molecule has 0 spiro atoms. The molecule has 1 N–H and O–H groups in total. The zero-order valence-electron chi connectivity index (χ0n) is 11.7. The van der Waals surface area contributed by atoms with Gasteiger partial charge in [-0.1, -0.05) is 25.7 Å². The van der Waals surface area contributed by atoms with Crippen LogP contribution in [0, 0.1) is 5.92 Å². The summed E-state index contributed by atoms with van der Waals surface area (Å²) in [6.07, 6.45) is 6.78. The highest BCUT2D eigenvalue weighted by molar-refractivity contribution is 5.69. The van der Waals surface area contributed by atoms with Crippen LogP contribution in [0.1, 0.15) is 59.3 Å². The highest BCUT2D eigenvalue weighted by atomic mass is 16.6. The van der Waals surface area contributed by atoms with E-state index in [1.807, 2.05) is 20.8 Å². The lowest BCUT2D eigenvalue weighted by Crippen LogP contribution is -2.43. The molecule has 1 rings (SSSR count). The van der Waals surface area contributed by atoms with Crippen LogP contribution in [0.2, 0.25) is 0 Å². The second-order valence-electron chi connectivity index (χ2n) is 6.04. The van der Waals surface area contributed by atoms with E-state index < -0.39 is 11.7 Å². The molecule has 1 amide bonds. The zero-order chi connectivity index (χ0) is 13.6. The van der Waals surface area contributed by atoms with E-state index in [1.54, 1.807) is 0 Å². The molecule has 0 aliphatic heterocycles. The average molecular weight is 255 g/mol. The predicted molar refractivity (Wildman–Crippen MR) is 70.4 cm³/mol. The molecule has 4 heteroatoms. The number of hydrogen-bond donors (Lipinski definition) is 1. The molecule has 104 valence electrons. The van der Waals surface area contributed by atoms with Gasteiger partial charge < -0.3 is 14.8 Å². The van der Waals surface area contributed by atoms with Crippen LogP contribution >= 0.6 is 0 Å². The lowest BCUT2D eigenvalue weighted by molar-refractivity contribution is -0.112. The van der Waals surface area contributed by atoms with Gasteiger partial charge in [-0.15, -0.1) is 0 Å². The van der Waals surface area contributed by atoms with E-state index >= 15 is 0 Å². The van der Waals surface area contributed by atoms with E-state index in [0.717, 1.165) is 32.0 Å². The Balaban J connectivity index is 2.54. The lowest BCUT2D eigenvalue weighted by Gasteiger charge is -2.28. The van der Waals surface area contributed by atoms with Gasteiger partial charge in [0.1, 0.15) is 11.9 Å². The summed E-state index contributed by atoms with van der Waals surface area (Å²) in [7, 11) is 0. The first-order valence-corrected chi connectivity index (χ1v) is 6.87. The van der Waals surface area contributed by atoms with Gasteiger partial charge in [-0.3, -0.25) is 0 Å². The van der Waals surface area contributed by atoms with E-state index in [1.165, 1.54) is 12.8 Å². The fourth-order valence-corrected chi connectivity index (χ4v) is 2.31. The number of nitrogens with one attached hydrogen (secondary N) is 1. The first-order chi connectivity index (χ1) is 8.42. The molecule has 18 heavy (non-hydrogen) atoms. The Morgan fingerprint density at radius 1 is 1.17 bits per heavy atom.